The molecule has 0 fully saturated rings. The third-order valence-electron chi connectivity index (χ3n) is 3.49. The van der Waals surface area contributed by atoms with Crippen molar-refractivity contribution in [3.63, 3.8) is 0 Å². The van der Waals surface area contributed by atoms with Crippen LogP contribution < -0.4 is 0 Å². The largest absolute Gasteiger partial charge is 0.396 e. The van der Waals surface area contributed by atoms with E-state index in [0.29, 0.717) is 6.61 Å². The number of hydrogen-bond acceptors (Lipinski definition) is 2. The van der Waals surface area contributed by atoms with Crippen LogP contribution in [0.2, 0.25) is 0 Å². The summed E-state index contributed by atoms with van der Waals surface area (Å²) in [7, 11) is 0. The van der Waals surface area contributed by atoms with Gasteiger partial charge in [0.05, 0.1) is 6.10 Å². The molecular formula is C18H40O2. The van der Waals surface area contributed by atoms with Gasteiger partial charge in [0.15, 0.2) is 0 Å². The SMILES string of the molecule is CCCCCCCC(C)O.CCCCCCCCCO. The predicted molar refractivity (Wildman–Crippen MR) is 90.1 cm³/mol. The van der Waals surface area contributed by atoms with Gasteiger partial charge in [0.2, 0.25) is 0 Å². The molecule has 0 spiro atoms. The van der Waals surface area contributed by atoms with Crippen LogP contribution >= 0.6 is 0 Å². The Balaban J connectivity index is 0. The van der Waals surface area contributed by atoms with Gasteiger partial charge >= 0.3 is 0 Å². The molecule has 1 atom stereocenters. The fourth-order valence-electron chi connectivity index (χ4n) is 2.11. The maximum absolute atomic E-state index is 8.91. The quantitative estimate of drug-likeness (QED) is 0.442. The molecule has 2 N–H and O–H groups in total. The first-order chi connectivity index (χ1) is 9.68. The molecule has 124 valence electrons. The molecule has 0 aromatic heterocycles. The van der Waals surface area contributed by atoms with E-state index in [0.717, 1.165) is 12.8 Å². The van der Waals surface area contributed by atoms with Crippen LogP contribution in [0.3, 0.4) is 0 Å². The van der Waals surface area contributed by atoms with Crippen LogP contribution in [0.5, 0.6) is 0 Å². The Labute approximate surface area is 128 Å². The van der Waals surface area contributed by atoms with E-state index in [1.165, 1.54) is 70.6 Å². The molecule has 1 unspecified atom stereocenters. The first-order valence-corrected chi connectivity index (χ1v) is 8.97. The highest BCUT2D eigenvalue weighted by Crippen LogP contribution is 2.06. The van der Waals surface area contributed by atoms with Crippen molar-refractivity contribution in [1.29, 1.82) is 0 Å². The molecule has 0 bridgehead atoms. The summed E-state index contributed by atoms with van der Waals surface area (Å²) in [6.45, 7) is 6.68. The summed E-state index contributed by atoms with van der Waals surface area (Å²) in [5.41, 5.74) is 0. The van der Waals surface area contributed by atoms with E-state index in [1.54, 1.807) is 0 Å². The lowest BCUT2D eigenvalue weighted by Crippen LogP contribution is -1.97. The molecule has 0 radical (unpaired) electrons. The van der Waals surface area contributed by atoms with Crippen molar-refractivity contribution in [1.82, 2.24) is 0 Å². The standard InChI is InChI=1S/2C9H20O/c1-3-4-5-6-7-8-9(2)10;1-2-3-4-5-6-7-8-9-10/h9-10H,3-8H2,1-2H3;10H,2-9H2,1H3. The minimum atomic E-state index is -0.0957. The van der Waals surface area contributed by atoms with Crippen molar-refractivity contribution in [2.45, 2.75) is 110 Å². The van der Waals surface area contributed by atoms with Gasteiger partial charge in [0.1, 0.15) is 0 Å². The first-order valence-electron chi connectivity index (χ1n) is 8.97. The highest BCUT2D eigenvalue weighted by atomic mass is 16.3. The lowest BCUT2D eigenvalue weighted by Gasteiger charge is -2.02. The summed E-state index contributed by atoms with van der Waals surface area (Å²) in [4.78, 5) is 0. The molecule has 0 aliphatic rings. The molecule has 0 aromatic rings. The molecule has 0 aliphatic carbocycles. The van der Waals surface area contributed by atoms with E-state index < -0.39 is 0 Å². The Bertz CT molecular complexity index is 138. The molecule has 0 aromatic carbocycles. The summed E-state index contributed by atoms with van der Waals surface area (Å²) < 4.78 is 0. The van der Waals surface area contributed by atoms with Crippen molar-refractivity contribution in [3.8, 4) is 0 Å². The molecule has 20 heavy (non-hydrogen) atoms. The van der Waals surface area contributed by atoms with Crippen LogP contribution in [0.15, 0.2) is 0 Å². The van der Waals surface area contributed by atoms with E-state index in [9.17, 15) is 0 Å². The van der Waals surface area contributed by atoms with Gasteiger partial charge in [-0.05, 0) is 19.8 Å². The molecule has 0 heterocycles. The molecule has 0 aliphatic heterocycles. The lowest BCUT2D eigenvalue weighted by molar-refractivity contribution is 0.180. The van der Waals surface area contributed by atoms with Crippen molar-refractivity contribution in [3.05, 3.63) is 0 Å². The Morgan fingerprint density at radius 3 is 1.45 bits per heavy atom. The molecule has 2 heteroatoms. The van der Waals surface area contributed by atoms with Gasteiger partial charge in [-0.3, -0.25) is 0 Å². The maximum Gasteiger partial charge on any atom is 0.0512 e. The minimum Gasteiger partial charge on any atom is -0.396 e. The molecule has 2 nitrogen and oxygen atoms in total. The summed E-state index contributed by atoms with van der Waals surface area (Å²) in [5.74, 6) is 0. The molecule has 0 saturated heterocycles. The summed E-state index contributed by atoms with van der Waals surface area (Å²) in [6, 6.07) is 0. The highest BCUT2D eigenvalue weighted by Gasteiger charge is 1.94. The van der Waals surface area contributed by atoms with Gasteiger partial charge in [0.25, 0.3) is 0 Å². The monoisotopic (exact) mass is 288 g/mol. The second-order valence-corrected chi connectivity index (χ2v) is 5.90. The number of aliphatic hydroxyl groups excluding tert-OH is 2. The van der Waals surface area contributed by atoms with E-state index in [2.05, 4.69) is 13.8 Å². The normalized spacial score (nSPS) is 11.8. The predicted octanol–water partition coefficient (Wildman–Crippen LogP) is 5.46. The zero-order valence-electron chi connectivity index (χ0n) is 14.4. The van der Waals surface area contributed by atoms with Gasteiger partial charge in [0, 0.05) is 6.61 Å². The fourth-order valence-corrected chi connectivity index (χ4v) is 2.11. The summed E-state index contributed by atoms with van der Waals surface area (Å²) in [6.07, 6.45) is 16.3. The van der Waals surface area contributed by atoms with Gasteiger partial charge in [-0.1, -0.05) is 84.5 Å². The van der Waals surface area contributed by atoms with Gasteiger partial charge in [-0.25, -0.2) is 0 Å². The van der Waals surface area contributed by atoms with E-state index in [-0.39, 0.29) is 6.10 Å². The van der Waals surface area contributed by atoms with Crippen LogP contribution in [0, 0.1) is 0 Å². The van der Waals surface area contributed by atoms with Crippen LogP contribution in [0.25, 0.3) is 0 Å². The van der Waals surface area contributed by atoms with Gasteiger partial charge < -0.3 is 10.2 Å². The van der Waals surface area contributed by atoms with Crippen LogP contribution in [-0.4, -0.2) is 22.9 Å². The number of hydrogen-bond donors (Lipinski definition) is 2. The smallest absolute Gasteiger partial charge is 0.0512 e. The van der Waals surface area contributed by atoms with Crippen molar-refractivity contribution >= 4 is 0 Å². The molecule has 0 rings (SSSR count). The maximum atomic E-state index is 8.91. The molecule has 0 saturated carbocycles. The fraction of sp³-hybridized carbons (Fsp3) is 1.00. The average molecular weight is 289 g/mol. The third-order valence-corrected chi connectivity index (χ3v) is 3.49. The number of unbranched alkanes of at least 4 members (excludes halogenated alkanes) is 10. The van der Waals surface area contributed by atoms with E-state index >= 15 is 0 Å². The molecular weight excluding hydrogens is 248 g/mol. The van der Waals surface area contributed by atoms with Crippen molar-refractivity contribution < 1.29 is 10.2 Å². The zero-order valence-corrected chi connectivity index (χ0v) is 14.4. The molecule has 0 amide bonds. The second-order valence-electron chi connectivity index (χ2n) is 5.90. The third kappa shape index (κ3) is 26.5. The Morgan fingerprint density at radius 1 is 0.650 bits per heavy atom. The number of aliphatic hydroxyl groups is 2. The van der Waals surface area contributed by atoms with Gasteiger partial charge in [-0.2, -0.15) is 0 Å². The zero-order chi connectivity index (χ0) is 15.5. The Hall–Kier alpha value is -0.0800. The number of rotatable bonds is 13. The summed E-state index contributed by atoms with van der Waals surface area (Å²) >= 11 is 0. The van der Waals surface area contributed by atoms with Crippen LogP contribution in [0.4, 0.5) is 0 Å². The Morgan fingerprint density at radius 2 is 1.05 bits per heavy atom. The average Bonchev–Trinajstić information content (AvgIpc) is 2.43. The van der Waals surface area contributed by atoms with E-state index in [4.69, 9.17) is 10.2 Å². The highest BCUT2D eigenvalue weighted by molar-refractivity contribution is 4.48. The van der Waals surface area contributed by atoms with E-state index in [1.807, 2.05) is 6.92 Å². The minimum absolute atomic E-state index is 0.0957. The van der Waals surface area contributed by atoms with Crippen molar-refractivity contribution in [2.24, 2.45) is 0 Å². The second kappa shape index (κ2) is 21.2. The van der Waals surface area contributed by atoms with Crippen LogP contribution in [0.1, 0.15) is 104 Å². The van der Waals surface area contributed by atoms with Crippen molar-refractivity contribution in [2.75, 3.05) is 6.61 Å². The lowest BCUT2D eigenvalue weighted by atomic mass is 10.1. The topological polar surface area (TPSA) is 40.5 Å². The Kier molecular flexibility index (Phi) is 23.6. The van der Waals surface area contributed by atoms with Crippen LogP contribution in [-0.2, 0) is 0 Å². The van der Waals surface area contributed by atoms with Gasteiger partial charge in [-0.15, -0.1) is 0 Å². The summed E-state index contributed by atoms with van der Waals surface area (Å²) in [5, 5.41) is 17.4. The first kappa shape index (κ1) is 22.2.